The number of hydrogen-bond acceptors (Lipinski definition) is 3. The van der Waals surface area contributed by atoms with E-state index in [4.69, 9.17) is 0 Å². The molecule has 6 heteroatoms. The number of rotatable bonds is 7. The molecule has 0 radical (unpaired) electrons. The van der Waals surface area contributed by atoms with E-state index in [9.17, 15) is 4.79 Å². The molecule has 2 heterocycles. The third-order valence-electron chi connectivity index (χ3n) is 4.10. The van der Waals surface area contributed by atoms with Crippen LogP contribution in [0.3, 0.4) is 0 Å². The summed E-state index contributed by atoms with van der Waals surface area (Å²) >= 11 is 0. The Hall–Kier alpha value is -3.15. The topological polar surface area (TPSA) is 71.8 Å². The molecule has 2 aromatic heterocycles. The summed E-state index contributed by atoms with van der Waals surface area (Å²) in [5, 5.41) is 10.2. The van der Waals surface area contributed by atoms with Crippen molar-refractivity contribution in [2.75, 3.05) is 6.54 Å². The van der Waals surface area contributed by atoms with Gasteiger partial charge in [-0.15, -0.1) is 0 Å². The van der Waals surface area contributed by atoms with Crippen LogP contribution in [0, 0.1) is 0 Å². The Kier molecular flexibility index (Phi) is 5.98. The van der Waals surface area contributed by atoms with Gasteiger partial charge in [0.15, 0.2) is 0 Å². The van der Waals surface area contributed by atoms with E-state index >= 15 is 0 Å². The quantitative estimate of drug-likeness (QED) is 0.644. The first-order valence-corrected chi connectivity index (χ1v) is 8.72. The van der Waals surface area contributed by atoms with Crippen molar-refractivity contribution in [1.82, 2.24) is 25.4 Å². The summed E-state index contributed by atoms with van der Waals surface area (Å²) in [4.78, 5) is 16.2. The highest BCUT2D eigenvalue weighted by atomic mass is 16.2. The third-order valence-corrected chi connectivity index (χ3v) is 4.10. The lowest BCUT2D eigenvalue weighted by Gasteiger charge is -2.07. The fraction of sp³-hybridized carbons (Fsp3) is 0.250. The molecule has 0 fully saturated rings. The van der Waals surface area contributed by atoms with E-state index in [2.05, 4.69) is 32.8 Å². The molecule has 3 aromatic rings. The summed E-state index contributed by atoms with van der Waals surface area (Å²) < 4.78 is 1.76. The maximum atomic E-state index is 12.0. The first kappa shape index (κ1) is 17.7. The molecule has 0 aliphatic carbocycles. The minimum absolute atomic E-state index is 0.168. The van der Waals surface area contributed by atoms with Gasteiger partial charge in [0.05, 0.1) is 17.9 Å². The van der Waals surface area contributed by atoms with E-state index in [1.165, 1.54) is 5.56 Å². The molecule has 134 valence electrons. The predicted octanol–water partition coefficient (Wildman–Crippen LogP) is 2.91. The van der Waals surface area contributed by atoms with Crippen LogP contribution in [-0.4, -0.2) is 27.3 Å². The van der Waals surface area contributed by atoms with Gasteiger partial charge in [0.1, 0.15) is 5.69 Å². The SMILES string of the molecule is Cn1nc(-c2ccccn2)cc1CNC(=O)NCCCc1ccccc1. The van der Waals surface area contributed by atoms with E-state index in [0.29, 0.717) is 13.1 Å². The zero-order valence-electron chi connectivity index (χ0n) is 14.9. The summed E-state index contributed by atoms with van der Waals surface area (Å²) in [6, 6.07) is 17.8. The minimum Gasteiger partial charge on any atom is -0.338 e. The highest BCUT2D eigenvalue weighted by molar-refractivity contribution is 5.73. The number of pyridine rings is 1. The lowest BCUT2D eigenvalue weighted by atomic mass is 10.1. The van der Waals surface area contributed by atoms with Crippen molar-refractivity contribution in [3.8, 4) is 11.4 Å². The summed E-state index contributed by atoms with van der Waals surface area (Å²) in [7, 11) is 1.86. The number of aryl methyl sites for hydroxylation is 2. The third kappa shape index (κ3) is 4.92. The molecule has 0 saturated heterocycles. The normalized spacial score (nSPS) is 10.5. The van der Waals surface area contributed by atoms with Crippen LogP contribution < -0.4 is 10.6 Å². The fourth-order valence-electron chi connectivity index (χ4n) is 2.68. The number of carbonyl (C=O) groups excluding carboxylic acids is 1. The Balaban J connectivity index is 1.42. The molecule has 0 atom stereocenters. The molecule has 0 spiro atoms. The molecule has 26 heavy (non-hydrogen) atoms. The van der Waals surface area contributed by atoms with E-state index in [0.717, 1.165) is 29.9 Å². The van der Waals surface area contributed by atoms with Crippen molar-refractivity contribution in [1.29, 1.82) is 0 Å². The minimum atomic E-state index is -0.168. The maximum absolute atomic E-state index is 12.0. The smallest absolute Gasteiger partial charge is 0.315 e. The van der Waals surface area contributed by atoms with E-state index in [1.54, 1.807) is 10.9 Å². The molecule has 0 aliphatic rings. The van der Waals surface area contributed by atoms with Crippen molar-refractivity contribution in [3.05, 3.63) is 72.1 Å². The van der Waals surface area contributed by atoms with Gasteiger partial charge in [0.25, 0.3) is 0 Å². The number of nitrogens with zero attached hydrogens (tertiary/aromatic N) is 3. The highest BCUT2D eigenvalue weighted by Crippen LogP contribution is 2.15. The van der Waals surface area contributed by atoms with Gasteiger partial charge >= 0.3 is 6.03 Å². The van der Waals surface area contributed by atoms with Crippen LogP contribution in [0.4, 0.5) is 4.79 Å². The maximum Gasteiger partial charge on any atom is 0.315 e. The molecule has 0 aliphatic heterocycles. The van der Waals surface area contributed by atoms with Gasteiger partial charge < -0.3 is 10.6 Å². The van der Waals surface area contributed by atoms with Crippen LogP contribution in [0.1, 0.15) is 17.7 Å². The molecule has 0 unspecified atom stereocenters. The van der Waals surface area contributed by atoms with Crippen LogP contribution in [0.5, 0.6) is 0 Å². The summed E-state index contributed by atoms with van der Waals surface area (Å²) in [6.07, 6.45) is 3.61. The molecule has 1 aromatic carbocycles. The van der Waals surface area contributed by atoms with Crippen molar-refractivity contribution in [2.45, 2.75) is 19.4 Å². The Morgan fingerprint density at radius 3 is 2.62 bits per heavy atom. The summed E-state index contributed by atoms with van der Waals surface area (Å²) in [6.45, 7) is 1.06. The van der Waals surface area contributed by atoms with Crippen molar-refractivity contribution >= 4 is 6.03 Å². The zero-order chi connectivity index (χ0) is 18.2. The number of benzene rings is 1. The summed E-state index contributed by atoms with van der Waals surface area (Å²) in [5.74, 6) is 0. The van der Waals surface area contributed by atoms with Crippen molar-refractivity contribution in [3.63, 3.8) is 0 Å². The second-order valence-electron chi connectivity index (χ2n) is 6.06. The predicted molar refractivity (Wildman–Crippen MR) is 101 cm³/mol. The second-order valence-corrected chi connectivity index (χ2v) is 6.06. The first-order chi connectivity index (χ1) is 12.7. The molecule has 2 amide bonds. The number of aromatic nitrogens is 3. The van der Waals surface area contributed by atoms with E-state index < -0.39 is 0 Å². The highest BCUT2D eigenvalue weighted by Gasteiger charge is 2.09. The lowest BCUT2D eigenvalue weighted by Crippen LogP contribution is -2.36. The van der Waals surface area contributed by atoms with Gasteiger partial charge in [-0.25, -0.2) is 4.79 Å². The van der Waals surface area contributed by atoms with Gasteiger partial charge in [-0.05, 0) is 36.6 Å². The molecule has 6 nitrogen and oxygen atoms in total. The summed E-state index contributed by atoms with van der Waals surface area (Å²) in [5.41, 5.74) is 3.82. The van der Waals surface area contributed by atoms with Crippen LogP contribution in [-0.2, 0) is 20.0 Å². The Morgan fingerprint density at radius 2 is 1.85 bits per heavy atom. The van der Waals surface area contributed by atoms with Crippen LogP contribution in [0.2, 0.25) is 0 Å². The largest absolute Gasteiger partial charge is 0.338 e. The molecule has 0 saturated carbocycles. The second kappa shape index (κ2) is 8.80. The zero-order valence-corrected chi connectivity index (χ0v) is 14.9. The van der Waals surface area contributed by atoms with Gasteiger partial charge in [0, 0.05) is 19.8 Å². The van der Waals surface area contributed by atoms with Crippen molar-refractivity contribution < 1.29 is 4.79 Å². The Morgan fingerprint density at radius 1 is 1.04 bits per heavy atom. The van der Waals surface area contributed by atoms with E-state index in [1.807, 2.05) is 49.5 Å². The van der Waals surface area contributed by atoms with E-state index in [-0.39, 0.29) is 6.03 Å². The monoisotopic (exact) mass is 349 g/mol. The molecule has 2 N–H and O–H groups in total. The first-order valence-electron chi connectivity index (χ1n) is 8.72. The van der Waals surface area contributed by atoms with Gasteiger partial charge in [-0.1, -0.05) is 36.4 Å². The number of amides is 2. The Labute approximate surface area is 153 Å². The lowest BCUT2D eigenvalue weighted by molar-refractivity contribution is 0.240. The number of hydrogen-bond donors (Lipinski definition) is 2. The van der Waals surface area contributed by atoms with Crippen LogP contribution >= 0.6 is 0 Å². The fourth-order valence-corrected chi connectivity index (χ4v) is 2.68. The van der Waals surface area contributed by atoms with Crippen molar-refractivity contribution in [2.24, 2.45) is 7.05 Å². The average Bonchev–Trinajstić information content (AvgIpc) is 3.06. The number of carbonyl (C=O) groups is 1. The van der Waals surface area contributed by atoms with Gasteiger partial charge in [0.2, 0.25) is 0 Å². The Bertz CT molecular complexity index is 830. The standard InChI is InChI=1S/C20H23N5O/c1-25-17(14-19(24-25)18-11-5-6-12-21-18)15-23-20(26)22-13-7-10-16-8-3-2-4-9-16/h2-6,8-9,11-12,14H,7,10,13,15H2,1H3,(H2,22,23,26). The number of nitrogens with one attached hydrogen (secondary N) is 2. The van der Waals surface area contributed by atoms with Gasteiger partial charge in [-0.2, -0.15) is 5.10 Å². The molecular formula is C20H23N5O. The van der Waals surface area contributed by atoms with Crippen LogP contribution in [0.25, 0.3) is 11.4 Å². The van der Waals surface area contributed by atoms with Gasteiger partial charge in [-0.3, -0.25) is 9.67 Å². The number of urea groups is 1. The van der Waals surface area contributed by atoms with Crippen LogP contribution in [0.15, 0.2) is 60.8 Å². The molecule has 3 rings (SSSR count). The molecular weight excluding hydrogens is 326 g/mol. The average molecular weight is 349 g/mol. The molecule has 0 bridgehead atoms.